The van der Waals surface area contributed by atoms with Crippen LogP contribution < -0.4 is 0 Å². The minimum Gasteiger partial charge on any atom is -0.299 e. The number of pyridine rings is 2. The summed E-state index contributed by atoms with van der Waals surface area (Å²) in [7, 11) is 0. The molecule has 29 heavy (non-hydrogen) atoms. The average Bonchev–Trinajstić information content (AvgIpc) is 3.43. The Morgan fingerprint density at radius 2 is 1.97 bits per heavy atom. The lowest BCUT2D eigenvalue weighted by Gasteiger charge is -2.30. The minimum absolute atomic E-state index is 0.172. The van der Waals surface area contributed by atoms with Gasteiger partial charge in [-0.05, 0) is 84.9 Å². The smallest absolute Gasteiger partial charge is 0.140 e. The molecule has 5 heteroatoms. The highest BCUT2D eigenvalue weighted by Crippen LogP contribution is 2.63. The van der Waals surface area contributed by atoms with E-state index in [0.29, 0.717) is 23.3 Å². The van der Waals surface area contributed by atoms with Gasteiger partial charge in [-0.15, -0.1) is 0 Å². The summed E-state index contributed by atoms with van der Waals surface area (Å²) in [6, 6.07) is 10.5. The van der Waals surface area contributed by atoms with E-state index in [1.54, 1.807) is 24.4 Å². The van der Waals surface area contributed by atoms with E-state index in [9.17, 15) is 9.18 Å². The number of Topliss-reactive ketones (excluding diaryl/α,β-unsaturated/α-hetero) is 1. The largest absolute Gasteiger partial charge is 0.299 e. The number of aromatic nitrogens is 2. The van der Waals surface area contributed by atoms with Crippen molar-refractivity contribution in [1.29, 1.82) is 0 Å². The maximum absolute atomic E-state index is 13.8. The van der Waals surface area contributed by atoms with E-state index in [0.717, 1.165) is 48.6 Å². The zero-order chi connectivity index (χ0) is 20.0. The summed E-state index contributed by atoms with van der Waals surface area (Å²) < 4.78 is 13.8. The van der Waals surface area contributed by atoms with Crippen LogP contribution in [-0.4, -0.2) is 15.8 Å². The van der Waals surface area contributed by atoms with Crippen LogP contribution in [0, 0.1) is 17.2 Å². The predicted molar refractivity (Wildman–Crippen MR) is 111 cm³/mol. The molecule has 2 fully saturated rings. The number of nitrogens with zero attached hydrogens (tertiary/aromatic N) is 2. The quantitative estimate of drug-likeness (QED) is 0.505. The second-order valence-corrected chi connectivity index (χ2v) is 8.97. The average molecular weight is 409 g/mol. The van der Waals surface area contributed by atoms with Gasteiger partial charge in [0.15, 0.2) is 0 Å². The molecule has 2 saturated carbocycles. The van der Waals surface area contributed by atoms with Crippen LogP contribution in [0.4, 0.5) is 4.39 Å². The van der Waals surface area contributed by atoms with Crippen molar-refractivity contribution < 1.29 is 9.18 Å². The maximum atomic E-state index is 13.8. The third-order valence-electron chi connectivity index (χ3n) is 6.90. The number of benzene rings is 1. The van der Waals surface area contributed by atoms with Gasteiger partial charge in [0.1, 0.15) is 16.8 Å². The maximum Gasteiger partial charge on any atom is 0.140 e. The molecule has 2 aromatic heterocycles. The van der Waals surface area contributed by atoms with Crippen molar-refractivity contribution in [2.24, 2.45) is 11.3 Å². The first-order chi connectivity index (χ1) is 14.0. The lowest BCUT2D eigenvalue weighted by molar-refractivity contribution is -0.120. The Hall–Kier alpha value is -2.33. The fraction of sp³-hybridized carbons (Fsp3) is 0.375. The van der Waals surface area contributed by atoms with Crippen molar-refractivity contribution in [3.05, 3.63) is 70.9 Å². The van der Waals surface area contributed by atoms with E-state index in [1.807, 2.05) is 18.3 Å². The molecule has 0 aliphatic heterocycles. The number of halogens is 2. The minimum atomic E-state index is -0.219. The lowest BCUT2D eigenvalue weighted by atomic mass is 9.74. The summed E-state index contributed by atoms with van der Waals surface area (Å²) in [6.07, 6.45) is 9.17. The van der Waals surface area contributed by atoms with E-state index in [2.05, 4.69) is 9.97 Å². The monoisotopic (exact) mass is 408 g/mol. The molecule has 0 bridgehead atoms. The number of rotatable bonds is 4. The van der Waals surface area contributed by atoms with Crippen LogP contribution in [0.3, 0.4) is 0 Å². The van der Waals surface area contributed by atoms with Crippen molar-refractivity contribution in [3.63, 3.8) is 0 Å². The molecular formula is C24H22ClFN2O. The molecule has 148 valence electrons. The van der Waals surface area contributed by atoms with E-state index >= 15 is 0 Å². The first-order valence-corrected chi connectivity index (χ1v) is 10.6. The number of ketones is 1. The zero-order valence-electron chi connectivity index (χ0n) is 16.1. The number of hydrogen-bond acceptors (Lipinski definition) is 3. The van der Waals surface area contributed by atoms with Gasteiger partial charge in [-0.3, -0.25) is 9.78 Å². The SMILES string of the molecule is O=C(Cc1ccc(Cl)nc1)C1CC12CCC(c1ccnc3ccc(F)cc13)CC2. The van der Waals surface area contributed by atoms with E-state index in [4.69, 9.17) is 11.6 Å². The molecule has 3 aromatic rings. The van der Waals surface area contributed by atoms with Crippen LogP contribution >= 0.6 is 11.6 Å². The highest BCUT2D eigenvalue weighted by Gasteiger charge is 2.57. The second-order valence-electron chi connectivity index (χ2n) is 8.59. The first-order valence-electron chi connectivity index (χ1n) is 10.2. The van der Waals surface area contributed by atoms with Gasteiger partial charge in [-0.25, -0.2) is 9.37 Å². The fourth-order valence-corrected chi connectivity index (χ4v) is 5.30. The molecule has 2 heterocycles. The Balaban J connectivity index is 1.26. The predicted octanol–water partition coefficient (Wildman–Crippen LogP) is 5.90. The second kappa shape index (κ2) is 7.17. The highest BCUT2D eigenvalue weighted by molar-refractivity contribution is 6.29. The number of fused-ring (bicyclic) bond motifs is 1. The van der Waals surface area contributed by atoms with Crippen molar-refractivity contribution in [3.8, 4) is 0 Å². The zero-order valence-corrected chi connectivity index (χ0v) is 16.8. The summed E-state index contributed by atoms with van der Waals surface area (Å²) in [4.78, 5) is 21.2. The van der Waals surface area contributed by atoms with Gasteiger partial charge in [0, 0.05) is 30.1 Å². The standard InChI is InChI=1S/C24H22ClFN2O/c25-23-4-1-15(14-28-23)11-22(29)20-13-24(20)8-5-16(6-9-24)18-7-10-27-21-3-2-17(26)12-19(18)21/h1-4,7,10,12,14,16,20H,5-6,8-9,11,13H2. The van der Waals surface area contributed by atoms with Crippen LogP contribution in [0.1, 0.15) is 49.1 Å². The molecular weight excluding hydrogens is 387 g/mol. The van der Waals surface area contributed by atoms with Gasteiger partial charge in [0.05, 0.1) is 5.52 Å². The molecule has 3 nitrogen and oxygen atoms in total. The van der Waals surface area contributed by atoms with E-state index in [1.165, 1.54) is 11.6 Å². The number of carbonyl (C=O) groups is 1. The van der Waals surface area contributed by atoms with Crippen LogP contribution in [0.5, 0.6) is 0 Å². The van der Waals surface area contributed by atoms with Crippen molar-refractivity contribution in [1.82, 2.24) is 9.97 Å². The molecule has 0 radical (unpaired) electrons. The summed E-state index contributed by atoms with van der Waals surface area (Å²) in [5.41, 5.74) is 3.16. The molecule has 1 aromatic carbocycles. The fourth-order valence-electron chi connectivity index (χ4n) is 5.19. The number of hydrogen-bond donors (Lipinski definition) is 0. The summed E-state index contributed by atoms with van der Waals surface area (Å²) in [5, 5.41) is 1.37. The lowest BCUT2D eigenvalue weighted by Crippen LogP contribution is -2.20. The van der Waals surface area contributed by atoms with Gasteiger partial charge in [-0.1, -0.05) is 17.7 Å². The molecule has 1 spiro atoms. The third kappa shape index (κ3) is 3.55. The molecule has 0 saturated heterocycles. The molecule has 0 N–H and O–H groups in total. The van der Waals surface area contributed by atoms with E-state index in [-0.39, 0.29) is 17.2 Å². The van der Waals surface area contributed by atoms with Gasteiger partial charge < -0.3 is 0 Å². The van der Waals surface area contributed by atoms with Crippen molar-refractivity contribution >= 4 is 28.3 Å². The van der Waals surface area contributed by atoms with Crippen LogP contribution in [-0.2, 0) is 11.2 Å². The Bertz CT molecular complexity index is 1070. The molecule has 0 amide bonds. The highest BCUT2D eigenvalue weighted by atomic mass is 35.5. The van der Waals surface area contributed by atoms with Crippen molar-refractivity contribution in [2.45, 2.75) is 44.4 Å². The van der Waals surface area contributed by atoms with E-state index < -0.39 is 0 Å². The Labute approximate surface area is 174 Å². The topological polar surface area (TPSA) is 42.9 Å². The summed E-state index contributed by atoms with van der Waals surface area (Å²) in [5.74, 6) is 0.683. The Kier molecular flexibility index (Phi) is 4.62. The van der Waals surface area contributed by atoms with Crippen LogP contribution in [0.15, 0.2) is 48.8 Å². The van der Waals surface area contributed by atoms with Gasteiger partial charge in [-0.2, -0.15) is 0 Å². The van der Waals surface area contributed by atoms with Crippen molar-refractivity contribution in [2.75, 3.05) is 0 Å². The van der Waals surface area contributed by atoms with Gasteiger partial charge in [0.25, 0.3) is 0 Å². The summed E-state index contributed by atoms with van der Waals surface area (Å²) in [6.45, 7) is 0. The molecule has 2 aliphatic carbocycles. The third-order valence-corrected chi connectivity index (χ3v) is 7.13. The molecule has 1 unspecified atom stereocenters. The van der Waals surface area contributed by atoms with Gasteiger partial charge in [0.2, 0.25) is 0 Å². The molecule has 5 rings (SSSR count). The first kappa shape index (κ1) is 18.7. The normalized spacial score (nSPS) is 26.0. The number of carbonyl (C=O) groups excluding carboxylic acids is 1. The van der Waals surface area contributed by atoms with Crippen LogP contribution in [0.25, 0.3) is 10.9 Å². The van der Waals surface area contributed by atoms with Crippen LogP contribution in [0.2, 0.25) is 5.15 Å². The Morgan fingerprint density at radius 1 is 1.14 bits per heavy atom. The Morgan fingerprint density at radius 3 is 2.72 bits per heavy atom. The molecule has 2 aliphatic rings. The molecule has 1 atom stereocenters. The van der Waals surface area contributed by atoms with Gasteiger partial charge >= 0.3 is 0 Å². The summed E-state index contributed by atoms with van der Waals surface area (Å²) >= 11 is 5.83.